The van der Waals surface area contributed by atoms with Gasteiger partial charge >= 0.3 is 5.97 Å². The number of fused-ring (bicyclic) bond motifs is 4. The van der Waals surface area contributed by atoms with Gasteiger partial charge in [-0.25, -0.2) is 18.1 Å². The number of aromatic nitrogens is 4. The number of anilines is 1. The Morgan fingerprint density at radius 3 is 2.73 bits per heavy atom. The lowest BCUT2D eigenvalue weighted by atomic mass is 9.84. The van der Waals surface area contributed by atoms with E-state index >= 15 is 0 Å². The number of ether oxygens (including phenoxy) is 1. The highest BCUT2D eigenvalue weighted by Gasteiger charge is 2.39. The minimum Gasteiger partial charge on any atom is -0.481 e. The number of aryl methyl sites for hydroxylation is 2. The number of rotatable bonds is 7. The van der Waals surface area contributed by atoms with E-state index in [-0.39, 0.29) is 37.9 Å². The van der Waals surface area contributed by atoms with Crippen molar-refractivity contribution in [1.29, 1.82) is 0 Å². The van der Waals surface area contributed by atoms with Crippen molar-refractivity contribution in [2.24, 2.45) is 0 Å². The van der Waals surface area contributed by atoms with Gasteiger partial charge in [-0.3, -0.25) is 4.79 Å². The first-order valence-electron chi connectivity index (χ1n) is 14.7. The highest BCUT2D eigenvalue weighted by molar-refractivity contribution is 7.89. The van der Waals surface area contributed by atoms with Crippen molar-refractivity contribution < 1.29 is 23.1 Å². The molecule has 4 aromatic rings. The molecule has 44 heavy (non-hydrogen) atoms. The van der Waals surface area contributed by atoms with Crippen LogP contribution in [0.1, 0.15) is 66.5 Å². The summed E-state index contributed by atoms with van der Waals surface area (Å²) in [4.78, 5) is 18.8. The van der Waals surface area contributed by atoms with E-state index in [4.69, 9.17) is 4.74 Å². The summed E-state index contributed by atoms with van der Waals surface area (Å²) < 4.78 is 37.3. The molecule has 0 radical (unpaired) electrons. The van der Waals surface area contributed by atoms with Crippen LogP contribution in [0.3, 0.4) is 0 Å². The van der Waals surface area contributed by atoms with Crippen LogP contribution in [0, 0.1) is 13.8 Å². The number of morpholine rings is 1. The maximum absolute atomic E-state index is 14.0. The smallest absolute Gasteiger partial charge is 0.304 e. The van der Waals surface area contributed by atoms with Crippen molar-refractivity contribution in [1.82, 2.24) is 24.3 Å². The van der Waals surface area contributed by atoms with Crippen LogP contribution in [0.2, 0.25) is 0 Å². The molecule has 1 aliphatic carbocycles. The molecular weight excluding hydrogens is 580 g/mol. The largest absolute Gasteiger partial charge is 0.481 e. The molecule has 232 valence electrons. The Balaban J connectivity index is 0.00000343. The topological polar surface area (TPSA) is 131 Å². The Kier molecular flexibility index (Phi) is 7.93. The number of hydrogen-bond donors (Lipinski definition) is 1. The molecule has 0 amide bonds. The summed E-state index contributed by atoms with van der Waals surface area (Å²) in [7, 11) is -3.87. The second kappa shape index (κ2) is 11.6. The number of carboxylic acid groups (broad SMARTS) is 1. The van der Waals surface area contributed by atoms with Crippen LogP contribution in [0.4, 0.5) is 5.82 Å². The van der Waals surface area contributed by atoms with Crippen LogP contribution < -0.4 is 4.90 Å². The standard InChI is InChI=1S/C31H34N6O5S.CH4/c1-19-5-6-21(26(15-29(38)39)25-9-10-27-30(20(25)2)33-34-37(27)23-7-8-23)14-22(19)16-35-17-24-18-42-13-12-36(24)31-28(43(35,40)41)4-3-11-32-31;/h3-6,9-11,14,23-24,26H,7-8,12-13,15-18H2,1-2H3,(H,38,39);1H4/t24-,26+;/m1./s1. The maximum atomic E-state index is 14.0. The molecule has 0 spiro atoms. The van der Waals surface area contributed by atoms with Gasteiger partial charge in [-0.1, -0.05) is 36.9 Å². The molecule has 3 aliphatic rings. The number of nitrogens with zero attached hydrogens (tertiary/aromatic N) is 6. The minimum absolute atomic E-state index is 0. The average molecular weight is 619 g/mol. The van der Waals surface area contributed by atoms with Gasteiger partial charge in [0.1, 0.15) is 16.2 Å². The summed E-state index contributed by atoms with van der Waals surface area (Å²) in [5, 5.41) is 18.8. The Morgan fingerprint density at radius 2 is 1.95 bits per heavy atom. The Hall–Kier alpha value is -3.87. The molecule has 0 bridgehead atoms. The number of sulfonamides is 1. The van der Waals surface area contributed by atoms with Crippen molar-refractivity contribution in [3.8, 4) is 0 Å². The lowest BCUT2D eigenvalue weighted by Crippen LogP contribution is -2.50. The Bertz CT molecular complexity index is 1840. The number of benzene rings is 2. The van der Waals surface area contributed by atoms with Gasteiger partial charge in [0.05, 0.1) is 37.2 Å². The van der Waals surface area contributed by atoms with E-state index in [1.54, 1.807) is 18.3 Å². The van der Waals surface area contributed by atoms with Crippen LogP contribution in [-0.4, -0.2) is 76.1 Å². The molecule has 0 unspecified atom stereocenters. The van der Waals surface area contributed by atoms with E-state index in [2.05, 4.69) is 15.3 Å². The molecule has 2 fully saturated rings. The number of pyridine rings is 1. The SMILES string of the molecule is C.Cc1ccc([C@H](CC(=O)O)c2ccc3c(nnn3C3CC3)c2C)cc1CN1C[C@@H]2COCCN2c2ncccc2S1(=O)=O. The molecular formula is C32H38N6O5S. The third-order valence-electron chi connectivity index (χ3n) is 8.99. The average Bonchev–Trinajstić information content (AvgIpc) is 3.76. The fourth-order valence-electron chi connectivity index (χ4n) is 6.48. The number of carbonyl (C=O) groups is 1. The first-order chi connectivity index (χ1) is 20.7. The van der Waals surface area contributed by atoms with Crippen molar-refractivity contribution in [3.63, 3.8) is 0 Å². The lowest BCUT2D eigenvalue weighted by molar-refractivity contribution is -0.137. The predicted molar refractivity (Wildman–Crippen MR) is 166 cm³/mol. The van der Waals surface area contributed by atoms with Gasteiger partial charge < -0.3 is 14.7 Å². The number of carboxylic acids is 1. The summed E-state index contributed by atoms with van der Waals surface area (Å²) in [5.41, 5.74) is 6.11. The van der Waals surface area contributed by atoms with E-state index in [1.165, 1.54) is 4.31 Å². The van der Waals surface area contributed by atoms with Crippen LogP contribution in [0.25, 0.3) is 11.0 Å². The number of hydrogen-bond acceptors (Lipinski definition) is 8. The molecule has 1 saturated carbocycles. The van der Waals surface area contributed by atoms with Gasteiger partial charge in [0.15, 0.2) is 0 Å². The fourth-order valence-corrected chi connectivity index (χ4v) is 8.08. The van der Waals surface area contributed by atoms with Crippen molar-refractivity contribution in [2.45, 2.75) is 70.0 Å². The van der Waals surface area contributed by atoms with Crippen LogP contribution in [0.5, 0.6) is 0 Å². The summed E-state index contributed by atoms with van der Waals surface area (Å²) in [6.07, 6.45) is 3.70. The van der Waals surface area contributed by atoms with Gasteiger partial charge in [-0.15, -0.1) is 5.10 Å². The minimum atomic E-state index is -3.87. The molecule has 2 aromatic heterocycles. The first kappa shape index (κ1) is 30.2. The van der Waals surface area contributed by atoms with Gasteiger partial charge in [0.25, 0.3) is 0 Å². The van der Waals surface area contributed by atoms with E-state index in [1.807, 2.05) is 53.8 Å². The second-order valence-corrected chi connectivity index (χ2v) is 13.7. The zero-order valence-electron chi connectivity index (χ0n) is 24.2. The molecule has 11 nitrogen and oxygen atoms in total. The summed E-state index contributed by atoms with van der Waals surface area (Å²) in [6.45, 7) is 5.83. The lowest BCUT2D eigenvalue weighted by Gasteiger charge is -2.36. The Labute approximate surface area is 257 Å². The van der Waals surface area contributed by atoms with Gasteiger partial charge in [0.2, 0.25) is 10.0 Å². The highest BCUT2D eigenvalue weighted by Crippen LogP contribution is 2.39. The van der Waals surface area contributed by atoms with Crippen LogP contribution in [-0.2, 0) is 26.1 Å². The van der Waals surface area contributed by atoms with Crippen molar-refractivity contribution in [2.75, 3.05) is 31.2 Å². The molecule has 1 saturated heterocycles. The third-order valence-corrected chi connectivity index (χ3v) is 10.8. The van der Waals surface area contributed by atoms with Crippen molar-refractivity contribution in [3.05, 3.63) is 76.5 Å². The van der Waals surface area contributed by atoms with Gasteiger partial charge in [0, 0.05) is 31.7 Å². The Morgan fingerprint density at radius 1 is 1.14 bits per heavy atom. The zero-order valence-corrected chi connectivity index (χ0v) is 25.0. The summed E-state index contributed by atoms with van der Waals surface area (Å²) >= 11 is 0. The molecule has 4 heterocycles. The molecule has 12 heteroatoms. The van der Waals surface area contributed by atoms with E-state index < -0.39 is 21.9 Å². The van der Waals surface area contributed by atoms with Crippen LogP contribution >= 0.6 is 0 Å². The van der Waals surface area contributed by atoms with E-state index in [0.717, 1.165) is 51.7 Å². The highest BCUT2D eigenvalue weighted by atomic mass is 32.2. The zero-order chi connectivity index (χ0) is 29.9. The quantitative estimate of drug-likeness (QED) is 0.320. The third kappa shape index (κ3) is 5.24. The van der Waals surface area contributed by atoms with E-state index in [9.17, 15) is 18.3 Å². The normalized spacial score (nSPS) is 20.3. The van der Waals surface area contributed by atoms with E-state index in [0.29, 0.717) is 31.6 Å². The monoisotopic (exact) mass is 618 g/mol. The summed E-state index contributed by atoms with van der Waals surface area (Å²) in [6, 6.07) is 13.3. The van der Waals surface area contributed by atoms with Crippen molar-refractivity contribution >= 4 is 32.8 Å². The fraction of sp³-hybridized carbons (Fsp3) is 0.438. The predicted octanol–water partition coefficient (Wildman–Crippen LogP) is 4.43. The molecule has 2 atom stereocenters. The molecule has 1 N–H and O–H groups in total. The molecule has 7 rings (SSSR count). The second-order valence-electron chi connectivity index (χ2n) is 11.8. The number of aliphatic carboxylic acids is 1. The van der Waals surface area contributed by atoms with Gasteiger partial charge in [-0.2, -0.15) is 4.31 Å². The van der Waals surface area contributed by atoms with Gasteiger partial charge in [-0.05, 0) is 72.7 Å². The maximum Gasteiger partial charge on any atom is 0.304 e. The van der Waals surface area contributed by atoms with Crippen LogP contribution in [0.15, 0.2) is 53.6 Å². The molecule has 2 aromatic carbocycles. The summed E-state index contributed by atoms with van der Waals surface area (Å²) in [5.74, 6) is -0.889. The molecule has 2 aliphatic heterocycles. The first-order valence-corrected chi connectivity index (χ1v) is 16.1.